The van der Waals surface area contributed by atoms with E-state index in [1.54, 1.807) is 6.07 Å². The van der Waals surface area contributed by atoms with Crippen LogP contribution in [0.25, 0.3) is 0 Å². The molecule has 2 heterocycles. The Bertz CT molecular complexity index is 445. The summed E-state index contributed by atoms with van der Waals surface area (Å²) >= 11 is 0. The summed E-state index contributed by atoms with van der Waals surface area (Å²) < 4.78 is 0. The maximum Gasteiger partial charge on any atom is 0.320 e. The van der Waals surface area contributed by atoms with Crippen molar-refractivity contribution < 1.29 is 14.8 Å². The molecular weight excluding hydrogens is 226 g/mol. The van der Waals surface area contributed by atoms with Crippen molar-refractivity contribution in [3.05, 3.63) is 34.1 Å². The van der Waals surface area contributed by atoms with Gasteiger partial charge in [-0.25, -0.2) is 0 Å². The second-order valence-electron chi connectivity index (χ2n) is 3.89. The largest absolute Gasteiger partial charge is 0.480 e. The number of carboxylic acids is 1. The molecule has 0 saturated carbocycles. The maximum atomic E-state index is 10.7. The Kier molecular flexibility index (Phi) is 3.01. The average molecular weight is 237 g/mol. The van der Waals surface area contributed by atoms with Crippen LogP contribution in [0.3, 0.4) is 0 Å². The minimum Gasteiger partial charge on any atom is -0.480 e. The van der Waals surface area contributed by atoms with Gasteiger partial charge in [-0.3, -0.25) is 25.2 Å². The molecule has 0 spiro atoms. The molecular formula is C10H11N3O4. The number of aromatic nitrogens is 1. The highest BCUT2D eigenvalue weighted by Gasteiger charge is 2.30. The Balaban J connectivity index is 2.09. The summed E-state index contributed by atoms with van der Waals surface area (Å²) in [5.41, 5.74) is 0.570. The second-order valence-corrected chi connectivity index (χ2v) is 3.89. The molecule has 17 heavy (non-hydrogen) atoms. The average Bonchev–Trinajstić information content (AvgIpc) is 2.78. The molecule has 90 valence electrons. The van der Waals surface area contributed by atoms with Crippen LogP contribution in [-0.2, 0) is 4.79 Å². The Hall–Kier alpha value is -2.02. The first-order valence-electron chi connectivity index (χ1n) is 5.17. The van der Waals surface area contributed by atoms with Gasteiger partial charge in [0.2, 0.25) is 0 Å². The van der Waals surface area contributed by atoms with Gasteiger partial charge in [-0.15, -0.1) is 0 Å². The lowest BCUT2D eigenvalue weighted by Crippen LogP contribution is -2.32. The number of hydrogen-bond donors (Lipinski definition) is 2. The molecule has 2 N–H and O–H groups in total. The smallest absolute Gasteiger partial charge is 0.320 e. The van der Waals surface area contributed by atoms with E-state index in [4.69, 9.17) is 5.11 Å². The van der Waals surface area contributed by atoms with Gasteiger partial charge in [0.05, 0.1) is 16.7 Å². The number of rotatable bonds is 3. The first kappa shape index (κ1) is 11.5. The third-order valence-electron chi connectivity index (χ3n) is 2.78. The summed E-state index contributed by atoms with van der Waals surface area (Å²) in [5, 5.41) is 22.2. The van der Waals surface area contributed by atoms with Crippen LogP contribution >= 0.6 is 0 Å². The molecule has 2 rings (SSSR count). The predicted octanol–water partition coefficient (Wildman–Crippen LogP) is 0.867. The van der Waals surface area contributed by atoms with Crippen molar-refractivity contribution in [3.63, 3.8) is 0 Å². The number of nitro groups is 1. The van der Waals surface area contributed by atoms with Gasteiger partial charge in [-0.05, 0) is 18.9 Å². The van der Waals surface area contributed by atoms with Crippen molar-refractivity contribution in [2.45, 2.75) is 24.9 Å². The number of hydrogen-bond acceptors (Lipinski definition) is 5. The highest BCUT2D eigenvalue weighted by molar-refractivity contribution is 5.73. The van der Waals surface area contributed by atoms with Crippen LogP contribution in [0.4, 0.5) is 5.69 Å². The second kappa shape index (κ2) is 4.46. The number of carboxylic acid groups (broad SMARTS) is 1. The van der Waals surface area contributed by atoms with E-state index in [1.807, 2.05) is 0 Å². The fourth-order valence-electron chi connectivity index (χ4n) is 1.88. The number of nitrogens with one attached hydrogen (secondary N) is 1. The van der Waals surface area contributed by atoms with Gasteiger partial charge in [0, 0.05) is 6.07 Å². The molecule has 0 aromatic carbocycles. The number of nitrogens with zero attached hydrogens (tertiary/aromatic N) is 2. The molecule has 7 heteroatoms. The molecule has 1 saturated heterocycles. The topological polar surface area (TPSA) is 105 Å². The molecule has 1 aromatic rings. The monoisotopic (exact) mass is 237 g/mol. The maximum absolute atomic E-state index is 10.7. The zero-order valence-electron chi connectivity index (χ0n) is 8.87. The van der Waals surface area contributed by atoms with Gasteiger partial charge in [0.25, 0.3) is 5.69 Å². The van der Waals surface area contributed by atoms with Gasteiger partial charge in [0.1, 0.15) is 12.2 Å². The Labute approximate surface area is 96.6 Å². The van der Waals surface area contributed by atoms with Crippen LogP contribution in [0, 0.1) is 10.1 Å². The number of carbonyl (C=O) groups is 1. The van der Waals surface area contributed by atoms with Gasteiger partial charge in [-0.2, -0.15) is 0 Å². The summed E-state index contributed by atoms with van der Waals surface area (Å²) in [7, 11) is 0. The van der Waals surface area contributed by atoms with E-state index >= 15 is 0 Å². The number of pyridine rings is 1. The molecule has 0 radical (unpaired) electrons. The zero-order valence-corrected chi connectivity index (χ0v) is 8.87. The molecule has 1 aliphatic rings. The molecule has 1 fully saturated rings. The predicted molar refractivity (Wildman–Crippen MR) is 57.4 cm³/mol. The fraction of sp³-hybridized carbons (Fsp3) is 0.400. The Morgan fingerprint density at radius 3 is 2.76 bits per heavy atom. The van der Waals surface area contributed by atoms with Crippen LogP contribution in [0.2, 0.25) is 0 Å². The van der Waals surface area contributed by atoms with Crippen LogP contribution in [0.1, 0.15) is 24.6 Å². The summed E-state index contributed by atoms with van der Waals surface area (Å²) in [6.07, 6.45) is 2.39. The van der Waals surface area contributed by atoms with Crippen molar-refractivity contribution >= 4 is 11.7 Å². The van der Waals surface area contributed by atoms with Crippen LogP contribution in [0.15, 0.2) is 18.3 Å². The SMILES string of the molecule is O=C(O)C1CCC(c2ccc([N+](=O)[O-])cn2)N1. The van der Waals surface area contributed by atoms with E-state index in [0.717, 1.165) is 0 Å². The van der Waals surface area contributed by atoms with Gasteiger partial charge in [0.15, 0.2) is 0 Å². The number of aliphatic carboxylic acids is 1. The van der Waals surface area contributed by atoms with Crippen molar-refractivity contribution in [2.75, 3.05) is 0 Å². The lowest BCUT2D eigenvalue weighted by molar-refractivity contribution is -0.385. The van der Waals surface area contributed by atoms with Crippen LogP contribution in [-0.4, -0.2) is 27.0 Å². The van der Waals surface area contributed by atoms with Crippen molar-refractivity contribution in [1.29, 1.82) is 0 Å². The van der Waals surface area contributed by atoms with Crippen molar-refractivity contribution in [1.82, 2.24) is 10.3 Å². The molecule has 7 nitrogen and oxygen atoms in total. The first-order valence-corrected chi connectivity index (χ1v) is 5.17. The highest BCUT2D eigenvalue weighted by Crippen LogP contribution is 2.26. The first-order chi connectivity index (χ1) is 8.08. The zero-order chi connectivity index (χ0) is 12.4. The highest BCUT2D eigenvalue weighted by atomic mass is 16.6. The summed E-state index contributed by atoms with van der Waals surface area (Å²) in [6, 6.07) is 2.23. The standard InChI is InChI=1S/C10H11N3O4/c14-10(15)9-4-3-8(12-9)7-2-1-6(5-11-7)13(16)17/h1-2,5,8-9,12H,3-4H2,(H,14,15). The lowest BCUT2D eigenvalue weighted by Gasteiger charge is -2.10. The van der Waals surface area contributed by atoms with E-state index in [1.165, 1.54) is 12.3 Å². The Morgan fingerprint density at radius 1 is 1.53 bits per heavy atom. The minimum atomic E-state index is -0.880. The van der Waals surface area contributed by atoms with Gasteiger partial charge in [-0.1, -0.05) is 0 Å². The van der Waals surface area contributed by atoms with E-state index in [9.17, 15) is 14.9 Å². The Morgan fingerprint density at radius 2 is 2.29 bits per heavy atom. The quantitative estimate of drug-likeness (QED) is 0.596. The van der Waals surface area contributed by atoms with E-state index in [-0.39, 0.29) is 11.7 Å². The molecule has 0 amide bonds. The van der Waals surface area contributed by atoms with Crippen LogP contribution < -0.4 is 5.32 Å². The summed E-state index contributed by atoms with van der Waals surface area (Å²) in [5.74, 6) is -0.880. The lowest BCUT2D eigenvalue weighted by atomic mass is 10.1. The molecule has 0 bridgehead atoms. The van der Waals surface area contributed by atoms with Crippen LogP contribution in [0.5, 0.6) is 0 Å². The van der Waals surface area contributed by atoms with Gasteiger partial charge >= 0.3 is 5.97 Å². The van der Waals surface area contributed by atoms with E-state index in [0.29, 0.717) is 18.5 Å². The van der Waals surface area contributed by atoms with Gasteiger partial charge < -0.3 is 5.11 Å². The van der Waals surface area contributed by atoms with Crippen molar-refractivity contribution in [3.8, 4) is 0 Å². The van der Waals surface area contributed by atoms with Crippen molar-refractivity contribution in [2.24, 2.45) is 0 Å². The summed E-state index contributed by atoms with van der Waals surface area (Å²) in [6.45, 7) is 0. The summed E-state index contributed by atoms with van der Waals surface area (Å²) in [4.78, 5) is 24.7. The molecule has 0 aliphatic carbocycles. The normalized spacial score (nSPS) is 23.5. The molecule has 1 aliphatic heterocycles. The molecule has 2 atom stereocenters. The fourth-order valence-corrected chi connectivity index (χ4v) is 1.88. The molecule has 1 aromatic heterocycles. The van der Waals surface area contributed by atoms with E-state index in [2.05, 4.69) is 10.3 Å². The third-order valence-corrected chi connectivity index (χ3v) is 2.78. The van der Waals surface area contributed by atoms with E-state index < -0.39 is 16.9 Å². The minimum absolute atomic E-state index is 0.0680. The molecule has 2 unspecified atom stereocenters. The third kappa shape index (κ3) is 2.39.